The minimum atomic E-state index is 0.464. The van der Waals surface area contributed by atoms with Gasteiger partial charge in [0.2, 0.25) is 0 Å². The second-order valence-corrected chi connectivity index (χ2v) is 5.21. The van der Waals surface area contributed by atoms with Crippen LogP contribution in [0, 0.1) is 0 Å². The highest BCUT2D eigenvalue weighted by molar-refractivity contribution is 6.30. The van der Waals surface area contributed by atoms with Crippen molar-refractivity contribution in [2.24, 2.45) is 0 Å². The highest BCUT2D eigenvalue weighted by Crippen LogP contribution is 2.32. The van der Waals surface area contributed by atoms with Crippen LogP contribution in [0.2, 0.25) is 5.02 Å². The van der Waals surface area contributed by atoms with Crippen LogP contribution in [0.15, 0.2) is 36.5 Å². The lowest BCUT2D eigenvalue weighted by Gasteiger charge is -2.23. The van der Waals surface area contributed by atoms with Gasteiger partial charge in [0.1, 0.15) is 0 Å². The van der Waals surface area contributed by atoms with Gasteiger partial charge in [0.05, 0.1) is 11.7 Å². The van der Waals surface area contributed by atoms with Crippen LogP contribution in [-0.4, -0.2) is 21.6 Å². The normalized spacial score (nSPS) is 20.4. The summed E-state index contributed by atoms with van der Waals surface area (Å²) < 4.78 is 0. The molecule has 0 amide bonds. The third-order valence-electron chi connectivity index (χ3n) is 3.52. The fourth-order valence-corrected chi connectivity index (χ4v) is 2.90. The van der Waals surface area contributed by atoms with Crippen molar-refractivity contribution in [1.82, 2.24) is 15.1 Å². The maximum atomic E-state index is 6.03. The molecule has 0 spiro atoms. The van der Waals surface area contributed by atoms with Crippen molar-refractivity contribution in [3.05, 3.63) is 52.8 Å². The van der Waals surface area contributed by atoms with Crippen molar-refractivity contribution in [3.63, 3.8) is 0 Å². The number of rotatable bonds is 3. The first-order chi connectivity index (χ1) is 8.83. The van der Waals surface area contributed by atoms with E-state index in [-0.39, 0.29) is 0 Å². The molecule has 2 aromatic rings. The Morgan fingerprint density at radius 1 is 1.39 bits per heavy atom. The highest BCUT2D eigenvalue weighted by atomic mass is 35.5. The molecule has 18 heavy (non-hydrogen) atoms. The van der Waals surface area contributed by atoms with Crippen LogP contribution in [0.1, 0.15) is 30.1 Å². The average Bonchev–Trinajstić information content (AvgIpc) is 2.98. The molecule has 0 aliphatic carbocycles. The van der Waals surface area contributed by atoms with E-state index in [1.54, 1.807) is 0 Å². The highest BCUT2D eigenvalue weighted by Gasteiger charge is 2.26. The SMILES string of the molecule is Clc1cccc(CN2CCC[C@@H]2c2ccn[nH]2)c1. The van der Waals surface area contributed by atoms with Crippen molar-refractivity contribution in [2.75, 3.05) is 6.54 Å². The number of nitrogens with one attached hydrogen (secondary N) is 1. The van der Waals surface area contributed by atoms with E-state index in [1.807, 2.05) is 24.4 Å². The monoisotopic (exact) mass is 261 g/mol. The molecule has 0 bridgehead atoms. The quantitative estimate of drug-likeness (QED) is 0.918. The Kier molecular flexibility index (Phi) is 3.35. The van der Waals surface area contributed by atoms with Gasteiger partial charge in [-0.3, -0.25) is 10.00 Å². The van der Waals surface area contributed by atoms with Crippen molar-refractivity contribution in [3.8, 4) is 0 Å². The molecule has 0 unspecified atom stereocenters. The first-order valence-electron chi connectivity index (χ1n) is 6.31. The van der Waals surface area contributed by atoms with Crippen LogP contribution in [-0.2, 0) is 6.54 Å². The Morgan fingerprint density at radius 3 is 3.11 bits per heavy atom. The molecule has 0 radical (unpaired) electrons. The van der Waals surface area contributed by atoms with Gasteiger partial charge in [-0.25, -0.2) is 0 Å². The lowest BCUT2D eigenvalue weighted by molar-refractivity contribution is 0.244. The molecule has 0 saturated carbocycles. The molecule has 1 aliphatic rings. The number of hydrogen-bond donors (Lipinski definition) is 1. The van der Waals surface area contributed by atoms with E-state index in [0.717, 1.165) is 18.1 Å². The second-order valence-electron chi connectivity index (χ2n) is 4.77. The fraction of sp³-hybridized carbons (Fsp3) is 0.357. The van der Waals surface area contributed by atoms with Gasteiger partial charge in [-0.05, 0) is 43.1 Å². The van der Waals surface area contributed by atoms with Crippen LogP contribution < -0.4 is 0 Å². The Balaban J connectivity index is 1.76. The Bertz CT molecular complexity index is 510. The molecule has 1 aliphatic heterocycles. The first-order valence-corrected chi connectivity index (χ1v) is 6.68. The largest absolute Gasteiger partial charge is 0.291 e. The Morgan fingerprint density at radius 2 is 2.33 bits per heavy atom. The number of benzene rings is 1. The van der Waals surface area contributed by atoms with Gasteiger partial charge in [-0.15, -0.1) is 0 Å². The summed E-state index contributed by atoms with van der Waals surface area (Å²) in [5.74, 6) is 0. The summed E-state index contributed by atoms with van der Waals surface area (Å²) in [4.78, 5) is 2.49. The molecule has 2 heterocycles. The van der Waals surface area contributed by atoms with Crippen LogP contribution in [0.5, 0.6) is 0 Å². The van der Waals surface area contributed by atoms with Gasteiger partial charge in [-0.2, -0.15) is 5.10 Å². The second kappa shape index (κ2) is 5.12. The standard InChI is InChI=1S/C14H16ClN3/c15-12-4-1-3-11(9-12)10-18-8-2-5-14(18)13-6-7-16-17-13/h1,3-4,6-7,9,14H,2,5,8,10H2,(H,16,17)/t14-/m1/s1. The van der Waals surface area contributed by atoms with Crippen molar-refractivity contribution in [1.29, 1.82) is 0 Å². The van der Waals surface area contributed by atoms with Crippen LogP contribution in [0.3, 0.4) is 0 Å². The predicted molar refractivity (Wildman–Crippen MR) is 72.4 cm³/mol. The Labute approximate surface area is 112 Å². The molecule has 4 heteroatoms. The number of nitrogens with zero attached hydrogens (tertiary/aromatic N) is 2. The van der Waals surface area contributed by atoms with Gasteiger partial charge in [0.25, 0.3) is 0 Å². The fourth-order valence-electron chi connectivity index (χ4n) is 2.69. The summed E-state index contributed by atoms with van der Waals surface area (Å²) in [6, 6.07) is 10.6. The third kappa shape index (κ3) is 2.42. The van der Waals surface area contributed by atoms with E-state index in [0.29, 0.717) is 6.04 Å². The average molecular weight is 262 g/mol. The zero-order valence-electron chi connectivity index (χ0n) is 10.1. The number of halogens is 1. The molecule has 1 N–H and O–H groups in total. The van der Waals surface area contributed by atoms with Crippen molar-refractivity contribution in [2.45, 2.75) is 25.4 Å². The number of likely N-dealkylation sites (tertiary alicyclic amines) is 1. The smallest absolute Gasteiger partial charge is 0.0523 e. The minimum absolute atomic E-state index is 0.464. The molecular weight excluding hydrogens is 246 g/mol. The van der Waals surface area contributed by atoms with E-state index in [4.69, 9.17) is 11.6 Å². The molecular formula is C14H16ClN3. The molecule has 1 fully saturated rings. The van der Waals surface area contributed by atoms with E-state index in [2.05, 4.69) is 27.2 Å². The zero-order valence-corrected chi connectivity index (χ0v) is 10.9. The first kappa shape index (κ1) is 11.8. The van der Waals surface area contributed by atoms with Crippen LogP contribution in [0.4, 0.5) is 0 Å². The maximum Gasteiger partial charge on any atom is 0.0523 e. The minimum Gasteiger partial charge on any atom is -0.291 e. The molecule has 3 nitrogen and oxygen atoms in total. The van der Waals surface area contributed by atoms with Gasteiger partial charge in [-0.1, -0.05) is 23.7 Å². The summed E-state index contributed by atoms with van der Waals surface area (Å²) in [5, 5.41) is 7.95. The molecule has 1 aromatic carbocycles. The summed E-state index contributed by atoms with van der Waals surface area (Å²) in [6.07, 6.45) is 4.26. The summed E-state index contributed by atoms with van der Waals surface area (Å²) in [6.45, 7) is 2.08. The summed E-state index contributed by atoms with van der Waals surface area (Å²) >= 11 is 6.03. The molecule has 3 rings (SSSR count). The summed E-state index contributed by atoms with van der Waals surface area (Å²) in [5.41, 5.74) is 2.49. The lowest BCUT2D eigenvalue weighted by Crippen LogP contribution is -2.23. The van der Waals surface area contributed by atoms with Gasteiger partial charge in [0.15, 0.2) is 0 Å². The zero-order chi connectivity index (χ0) is 12.4. The van der Waals surface area contributed by atoms with E-state index in [9.17, 15) is 0 Å². The third-order valence-corrected chi connectivity index (χ3v) is 3.75. The van der Waals surface area contributed by atoms with Crippen LogP contribution >= 0.6 is 11.6 Å². The molecule has 1 saturated heterocycles. The summed E-state index contributed by atoms with van der Waals surface area (Å²) in [7, 11) is 0. The number of aromatic nitrogens is 2. The van der Waals surface area contributed by atoms with Gasteiger partial charge < -0.3 is 0 Å². The molecule has 1 atom stereocenters. The van der Waals surface area contributed by atoms with Gasteiger partial charge in [0, 0.05) is 17.8 Å². The number of hydrogen-bond acceptors (Lipinski definition) is 2. The topological polar surface area (TPSA) is 31.9 Å². The van der Waals surface area contributed by atoms with Crippen LogP contribution in [0.25, 0.3) is 0 Å². The number of aromatic amines is 1. The van der Waals surface area contributed by atoms with Crippen molar-refractivity contribution >= 4 is 11.6 Å². The van der Waals surface area contributed by atoms with E-state index in [1.165, 1.54) is 24.1 Å². The predicted octanol–water partition coefficient (Wildman–Crippen LogP) is 3.40. The van der Waals surface area contributed by atoms with E-state index >= 15 is 0 Å². The molecule has 1 aromatic heterocycles. The molecule has 94 valence electrons. The van der Waals surface area contributed by atoms with Gasteiger partial charge >= 0.3 is 0 Å². The van der Waals surface area contributed by atoms with E-state index < -0.39 is 0 Å². The maximum absolute atomic E-state index is 6.03. The lowest BCUT2D eigenvalue weighted by atomic mass is 10.1. The Hall–Kier alpha value is -1.32. The van der Waals surface area contributed by atoms with Crippen molar-refractivity contribution < 1.29 is 0 Å². The number of H-pyrrole nitrogens is 1.